The zero-order chi connectivity index (χ0) is 33.1. The summed E-state index contributed by atoms with van der Waals surface area (Å²) < 4.78 is 49.2. The Kier molecular flexibility index (Phi) is 43.7. The van der Waals surface area contributed by atoms with E-state index in [9.17, 15) is 0 Å². The summed E-state index contributed by atoms with van der Waals surface area (Å²) in [5.41, 5.74) is 5.34. The Morgan fingerprint density at radius 1 is 0.304 bits per heavy atom. The van der Waals surface area contributed by atoms with Crippen LogP contribution in [0.2, 0.25) is 0 Å². The fourth-order valence-electron chi connectivity index (χ4n) is 4.40. The predicted octanol–water partition coefficient (Wildman–Crippen LogP) is 6.13. The molecule has 0 aromatic rings. The van der Waals surface area contributed by atoms with E-state index in [1.165, 1.54) is 83.5 Å². The van der Waals surface area contributed by atoms with Crippen LogP contribution in [0.5, 0.6) is 0 Å². The lowest BCUT2D eigenvalue weighted by molar-refractivity contribution is -0.0249. The molecule has 0 rings (SSSR count). The molecule has 0 aromatic carbocycles. The van der Waals surface area contributed by atoms with E-state index in [1.807, 2.05) is 0 Å². The van der Waals surface area contributed by atoms with Crippen molar-refractivity contribution in [3.8, 4) is 0 Å². The fourth-order valence-corrected chi connectivity index (χ4v) is 4.40. The normalized spacial score (nSPS) is 11.8. The van der Waals surface area contributed by atoms with Crippen LogP contribution < -0.4 is 5.73 Å². The minimum absolute atomic E-state index is 0.532. The molecule has 0 amide bonds. The first-order valence-electron chi connectivity index (χ1n) is 18.5. The molecule has 276 valence electrons. The second-order valence-electron chi connectivity index (χ2n) is 11.2. The summed E-state index contributed by atoms with van der Waals surface area (Å²) in [5, 5.41) is 0. The number of ether oxygens (including phenoxy) is 9. The third kappa shape index (κ3) is 43.3. The fraction of sp³-hybridized carbons (Fsp3) is 0.944. The summed E-state index contributed by atoms with van der Waals surface area (Å²) in [6, 6.07) is 0. The number of rotatable bonds is 42. The monoisotopic (exact) mass is 664 g/mol. The molecule has 2 N–H and O–H groups in total. The molecule has 0 aliphatic rings. The summed E-state index contributed by atoms with van der Waals surface area (Å²) in [5.74, 6) is 0. The van der Waals surface area contributed by atoms with Crippen LogP contribution in [0.15, 0.2) is 12.2 Å². The number of allylic oxidation sites excluding steroid dienone is 2. The van der Waals surface area contributed by atoms with Crippen molar-refractivity contribution in [1.29, 1.82) is 0 Å². The summed E-state index contributed by atoms with van der Waals surface area (Å²) in [6.07, 6.45) is 23.4. The predicted molar refractivity (Wildman–Crippen MR) is 186 cm³/mol. The van der Waals surface area contributed by atoms with Gasteiger partial charge in [0, 0.05) is 13.2 Å². The Hall–Kier alpha value is -0.660. The first-order chi connectivity index (χ1) is 22.9. The molecule has 0 aromatic heterocycles. The van der Waals surface area contributed by atoms with Crippen molar-refractivity contribution in [3.05, 3.63) is 12.2 Å². The number of hydrogen-bond acceptors (Lipinski definition) is 10. The van der Waals surface area contributed by atoms with Crippen molar-refractivity contribution in [1.82, 2.24) is 0 Å². The molecule has 0 saturated carbocycles. The van der Waals surface area contributed by atoms with Gasteiger partial charge in [-0.2, -0.15) is 0 Å². The van der Waals surface area contributed by atoms with Gasteiger partial charge >= 0.3 is 0 Å². The maximum atomic E-state index is 5.67. The highest BCUT2D eigenvalue weighted by Crippen LogP contribution is 2.11. The van der Waals surface area contributed by atoms with Gasteiger partial charge in [-0.25, -0.2) is 0 Å². The minimum Gasteiger partial charge on any atom is -0.379 e. The van der Waals surface area contributed by atoms with Gasteiger partial charge in [0.1, 0.15) is 0 Å². The molecule has 0 aliphatic carbocycles. The molecule has 10 heteroatoms. The minimum atomic E-state index is 0.532. The van der Waals surface area contributed by atoms with Crippen molar-refractivity contribution in [2.75, 3.05) is 125 Å². The van der Waals surface area contributed by atoms with Gasteiger partial charge in [0.05, 0.1) is 112 Å². The van der Waals surface area contributed by atoms with Crippen LogP contribution in [0.4, 0.5) is 0 Å². The Morgan fingerprint density at radius 3 is 0.891 bits per heavy atom. The molecule has 0 radical (unpaired) electrons. The van der Waals surface area contributed by atoms with Gasteiger partial charge in [-0.1, -0.05) is 76.9 Å². The van der Waals surface area contributed by atoms with Gasteiger partial charge in [0.25, 0.3) is 0 Å². The van der Waals surface area contributed by atoms with Crippen molar-refractivity contribution < 1.29 is 42.6 Å². The molecule has 0 bridgehead atoms. The molecule has 0 spiro atoms. The molecule has 10 nitrogen and oxygen atoms in total. The Balaban J connectivity index is 3.07. The van der Waals surface area contributed by atoms with Gasteiger partial charge in [-0.15, -0.1) is 0 Å². The van der Waals surface area contributed by atoms with E-state index in [0.29, 0.717) is 119 Å². The van der Waals surface area contributed by atoms with Gasteiger partial charge in [0.2, 0.25) is 0 Å². The maximum absolute atomic E-state index is 5.67. The van der Waals surface area contributed by atoms with Crippen LogP contribution in [0.1, 0.15) is 96.8 Å². The van der Waals surface area contributed by atoms with Crippen molar-refractivity contribution in [3.63, 3.8) is 0 Å². The lowest BCUT2D eigenvalue weighted by atomic mass is 10.1. The second kappa shape index (κ2) is 44.3. The highest BCUT2D eigenvalue weighted by atomic mass is 16.6. The van der Waals surface area contributed by atoms with Crippen molar-refractivity contribution >= 4 is 0 Å². The zero-order valence-electron chi connectivity index (χ0n) is 29.7. The first-order valence-corrected chi connectivity index (χ1v) is 18.5. The van der Waals surface area contributed by atoms with Crippen LogP contribution in [0, 0.1) is 0 Å². The quantitative estimate of drug-likeness (QED) is 0.0605. The SMILES string of the molecule is CCCCCCCCCCC/C=C/CCCCCOCCOCCOCCOCCOCCOCCOCCOCCOCCN. The molecule has 0 fully saturated rings. The second-order valence-corrected chi connectivity index (χ2v) is 11.2. The summed E-state index contributed by atoms with van der Waals surface area (Å²) in [4.78, 5) is 0. The van der Waals surface area contributed by atoms with Crippen LogP contribution in [-0.4, -0.2) is 125 Å². The van der Waals surface area contributed by atoms with Crippen LogP contribution in [-0.2, 0) is 42.6 Å². The van der Waals surface area contributed by atoms with Gasteiger partial charge < -0.3 is 48.4 Å². The topological polar surface area (TPSA) is 109 Å². The maximum Gasteiger partial charge on any atom is 0.0701 e. The third-order valence-electron chi connectivity index (χ3n) is 7.04. The largest absolute Gasteiger partial charge is 0.379 e. The Bertz CT molecular complexity index is 558. The molecule has 46 heavy (non-hydrogen) atoms. The van der Waals surface area contributed by atoms with E-state index in [2.05, 4.69) is 19.1 Å². The Labute approximate surface area is 282 Å². The van der Waals surface area contributed by atoms with Gasteiger partial charge in [0.15, 0.2) is 0 Å². The Morgan fingerprint density at radius 2 is 0.565 bits per heavy atom. The average molecular weight is 664 g/mol. The van der Waals surface area contributed by atoms with Crippen LogP contribution in [0.3, 0.4) is 0 Å². The van der Waals surface area contributed by atoms with E-state index in [1.54, 1.807) is 0 Å². The number of hydrogen-bond donors (Lipinski definition) is 1. The molecule has 0 atom stereocenters. The van der Waals surface area contributed by atoms with Crippen molar-refractivity contribution in [2.24, 2.45) is 5.73 Å². The van der Waals surface area contributed by atoms with Crippen LogP contribution >= 0.6 is 0 Å². The highest BCUT2D eigenvalue weighted by Gasteiger charge is 1.96. The molecule has 0 heterocycles. The van der Waals surface area contributed by atoms with E-state index >= 15 is 0 Å². The smallest absolute Gasteiger partial charge is 0.0701 e. The lowest BCUT2D eigenvalue weighted by Crippen LogP contribution is -2.15. The van der Waals surface area contributed by atoms with E-state index in [0.717, 1.165) is 13.0 Å². The molecular formula is C36H73NO9. The van der Waals surface area contributed by atoms with Gasteiger partial charge in [-0.05, 0) is 32.1 Å². The van der Waals surface area contributed by atoms with Gasteiger partial charge in [-0.3, -0.25) is 0 Å². The summed E-state index contributed by atoms with van der Waals surface area (Å²) >= 11 is 0. The molecule has 0 saturated heterocycles. The van der Waals surface area contributed by atoms with E-state index in [4.69, 9.17) is 48.4 Å². The zero-order valence-corrected chi connectivity index (χ0v) is 29.7. The summed E-state index contributed by atoms with van der Waals surface area (Å²) in [6.45, 7) is 13.1. The van der Waals surface area contributed by atoms with Crippen LogP contribution in [0.25, 0.3) is 0 Å². The molecule has 0 unspecified atom stereocenters. The lowest BCUT2D eigenvalue weighted by Gasteiger charge is -2.09. The standard InChI is InChI=1S/C36H73NO9/c1-2-3-4-5-6-7-8-9-10-11-12-13-14-15-16-17-19-38-21-23-40-25-27-42-29-31-44-33-35-46-36-34-45-32-30-43-28-26-41-24-22-39-20-18-37/h12-13H,2-11,14-37H2,1H3/b13-12+. The highest BCUT2D eigenvalue weighted by molar-refractivity contribution is 4.81. The van der Waals surface area contributed by atoms with E-state index < -0.39 is 0 Å². The summed E-state index contributed by atoms with van der Waals surface area (Å²) in [7, 11) is 0. The average Bonchev–Trinajstić information content (AvgIpc) is 3.07. The molecular weight excluding hydrogens is 590 g/mol. The molecule has 0 aliphatic heterocycles. The van der Waals surface area contributed by atoms with Crippen molar-refractivity contribution in [2.45, 2.75) is 96.8 Å². The van der Waals surface area contributed by atoms with E-state index in [-0.39, 0.29) is 0 Å². The number of nitrogens with two attached hydrogens (primary N) is 1. The first kappa shape index (κ1) is 45.3. The number of unbranched alkanes of at least 4 members (excludes halogenated alkanes) is 12. The third-order valence-corrected chi connectivity index (χ3v) is 7.04.